The van der Waals surface area contributed by atoms with Crippen molar-refractivity contribution >= 4 is 11.9 Å². The van der Waals surface area contributed by atoms with Gasteiger partial charge in [0.05, 0.1) is 18.8 Å². The lowest BCUT2D eigenvalue weighted by Gasteiger charge is -2.45. The average molecular weight is 378 g/mol. The SMILES string of the molecule is C=C(C(=O)O)[C@H]1[C@H]2C=C(CO)CC[C@@H]2C(=C)C[C@H]1OC(=O)C(=C)[C@H](O)CO. The number of aliphatic carboxylic acids is 1. The number of carbonyl (C=O) groups excluding carboxylic acids is 1. The number of fused-ring (bicyclic) bond motifs is 1. The number of hydrogen-bond acceptors (Lipinski definition) is 6. The highest BCUT2D eigenvalue weighted by Gasteiger charge is 2.46. The van der Waals surface area contributed by atoms with E-state index in [0.717, 1.165) is 17.6 Å². The molecule has 2 aliphatic carbocycles. The minimum Gasteiger partial charge on any atom is -0.478 e. The average Bonchev–Trinajstić information content (AvgIpc) is 2.65. The second-order valence-corrected chi connectivity index (χ2v) is 7.09. The van der Waals surface area contributed by atoms with Crippen molar-refractivity contribution in [2.45, 2.75) is 31.5 Å². The van der Waals surface area contributed by atoms with E-state index in [0.29, 0.717) is 6.42 Å². The van der Waals surface area contributed by atoms with E-state index in [9.17, 15) is 24.9 Å². The minimum absolute atomic E-state index is 0.0163. The van der Waals surface area contributed by atoms with Crippen LogP contribution in [0.4, 0.5) is 0 Å². The molecule has 7 nitrogen and oxygen atoms in total. The Kier molecular flexibility index (Phi) is 6.75. The fourth-order valence-corrected chi connectivity index (χ4v) is 3.93. The summed E-state index contributed by atoms with van der Waals surface area (Å²) in [5.41, 5.74) is 1.26. The molecule has 0 saturated heterocycles. The molecule has 0 radical (unpaired) electrons. The number of carbonyl (C=O) groups is 2. The van der Waals surface area contributed by atoms with E-state index in [2.05, 4.69) is 19.7 Å². The van der Waals surface area contributed by atoms with Gasteiger partial charge in [0.25, 0.3) is 0 Å². The third-order valence-electron chi connectivity index (χ3n) is 5.45. The molecule has 0 aliphatic heterocycles. The minimum atomic E-state index is -1.45. The molecule has 0 heterocycles. The van der Waals surface area contributed by atoms with Gasteiger partial charge in [0.1, 0.15) is 12.2 Å². The topological polar surface area (TPSA) is 124 Å². The van der Waals surface area contributed by atoms with Gasteiger partial charge in [-0.05, 0) is 30.3 Å². The Balaban J connectivity index is 2.35. The zero-order valence-corrected chi connectivity index (χ0v) is 15.1. The van der Waals surface area contributed by atoms with Crippen LogP contribution in [-0.2, 0) is 14.3 Å². The number of rotatable bonds is 7. The smallest absolute Gasteiger partial charge is 0.336 e. The van der Waals surface area contributed by atoms with Crippen LogP contribution >= 0.6 is 0 Å². The molecule has 5 atom stereocenters. The Morgan fingerprint density at radius 2 is 1.96 bits per heavy atom. The summed E-state index contributed by atoms with van der Waals surface area (Å²) < 4.78 is 5.46. The van der Waals surface area contributed by atoms with E-state index < -0.39 is 36.7 Å². The summed E-state index contributed by atoms with van der Waals surface area (Å²) in [5.74, 6) is -3.07. The van der Waals surface area contributed by atoms with Crippen LogP contribution in [0.1, 0.15) is 19.3 Å². The first-order chi connectivity index (χ1) is 12.7. The van der Waals surface area contributed by atoms with Gasteiger partial charge in [-0.15, -0.1) is 0 Å². The Hall–Kier alpha value is -2.22. The van der Waals surface area contributed by atoms with Gasteiger partial charge in [-0.2, -0.15) is 0 Å². The third-order valence-corrected chi connectivity index (χ3v) is 5.45. The standard InChI is InChI=1S/C20H26O7/c1-10-6-17(27-20(26)11(2)16(23)9-22)18(12(3)19(24)25)15-7-13(8-21)4-5-14(10)15/h7,14-18,21-23H,1-6,8-9H2,(H,24,25)/t14-,15+,16-,17-,18+/m1/s1. The number of carboxylic acids is 1. The van der Waals surface area contributed by atoms with Gasteiger partial charge >= 0.3 is 11.9 Å². The Morgan fingerprint density at radius 3 is 2.52 bits per heavy atom. The molecule has 1 saturated carbocycles. The molecule has 4 N–H and O–H groups in total. The Morgan fingerprint density at radius 1 is 1.30 bits per heavy atom. The van der Waals surface area contributed by atoms with Gasteiger partial charge in [-0.1, -0.05) is 31.4 Å². The van der Waals surface area contributed by atoms with E-state index in [1.165, 1.54) is 0 Å². The molecule has 0 spiro atoms. The number of carboxylic acid groups (broad SMARTS) is 1. The monoisotopic (exact) mass is 378 g/mol. The summed E-state index contributed by atoms with van der Waals surface area (Å²) in [5, 5.41) is 37.5. The first kappa shape index (κ1) is 21.1. The fraction of sp³-hybridized carbons (Fsp3) is 0.500. The largest absolute Gasteiger partial charge is 0.478 e. The van der Waals surface area contributed by atoms with E-state index in [4.69, 9.17) is 9.84 Å². The molecule has 1 fully saturated rings. The summed E-state index contributed by atoms with van der Waals surface area (Å²) in [6.07, 6.45) is 1.26. The van der Waals surface area contributed by atoms with Gasteiger partial charge in [0, 0.05) is 17.9 Å². The maximum Gasteiger partial charge on any atom is 0.336 e. The number of hydrogen-bond donors (Lipinski definition) is 4. The number of allylic oxidation sites excluding steroid dienone is 1. The van der Waals surface area contributed by atoms with Crippen molar-refractivity contribution in [2.75, 3.05) is 13.2 Å². The van der Waals surface area contributed by atoms with Crippen molar-refractivity contribution in [1.29, 1.82) is 0 Å². The van der Waals surface area contributed by atoms with Gasteiger partial charge < -0.3 is 25.2 Å². The quantitative estimate of drug-likeness (QED) is 0.296. The van der Waals surface area contributed by atoms with Crippen LogP contribution < -0.4 is 0 Å². The molecular weight excluding hydrogens is 352 g/mol. The second kappa shape index (κ2) is 8.65. The van der Waals surface area contributed by atoms with Crippen molar-refractivity contribution in [2.24, 2.45) is 17.8 Å². The molecule has 7 heteroatoms. The van der Waals surface area contributed by atoms with Gasteiger partial charge in [-0.3, -0.25) is 0 Å². The zero-order chi connectivity index (χ0) is 20.3. The van der Waals surface area contributed by atoms with Crippen molar-refractivity contribution in [3.05, 3.63) is 48.1 Å². The highest BCUT2D eigenvalue weighted by Crippen LogP contribution is 2.48. The van der Waals surface area contributed by atoms with E-state index in [-0.39, 0.29) is 36.0 Å². The first-order valence-corrected chi connectivity index (χ1v) is 8.80. The molecule has 2 rings (SSSR count). The van der Waals surface area contributed by atoms with Crippen molar-refractivity contribution in [3.8, 4) is 0 Å². The van der Waals surface area contributed by atoms with Crippen LogP contribution in [0, 0.1) is 17.8 Å². The zero-order valence-electron chi connectivity index (χ0n) is 15.1. The van der Waals surface area contributed by atoms with Gasteiger partial charge in [-0.25, -0.2) is 9.59 Å². The van der Waals surface area contributed by atoms with E-state index in [1.807, 2.05) is 6.08 Å². The lowest BCUT2D eigenvalue weighted by molar-refractivity contribution is -0.151. The third kappa shape index (κ3) is 4.37. The van der Waals surface area contributed by atoms with E-state index in [1.54, 1.807) is 0 Å². The van der Waals surface area contributed by atoms with Crippen LogP contribution in [0.2, 0.25) is 0 Å². The predicted octanol–water partition coefficient (Wildman–Crippen LogP) is 0.969. The molecule has 0 bridgehead atoms. The van der Waals surface area contributed by atoms with Crippen LogP contribution in [0.3, 0.4) is 0 Å². The lowest BCUT2D eigenvalue weighted by atomic mass is 9.62. The molecule has 0 aromatic heterocycles. The molecule has 0 aromatic carbocycles. The van der Waals surface area contributed by atoms with Crippen LogP contribution in [0.15, 0.2) is 48.1 Å². The van der Waals surface area contributed by atoms with Crippen molar-refractivity contribution in [3.63, 3.8) is 0 Å². The van der Waals surface area contributed by atoms with Crippen LogP contribution in [0.5, 0.6) is 0 Å². The summed E-state index contributed by atoms with van der Waals surface area (Å²) in [4.78, 5) is 23.9. The number of esters is 1. The van der Waals surface area contributed by atoms with E-state index >= 15 is 0 Å². The van der Waals surface area contributed by atoms with Crippen LogP contribution in [-0.4, -0.2) is 57.8 Å². The summed E-state index contributed by atoms with van der Waals surface area (Å²) in [6.45, 7) is 10.4. The molecule has 2 aliphatic rings. The molecule has 148 valence electrons. The maximum atomic E-state index is 12.3. The van der Waals surface area contributed by atoms with Gasteiger partial charge in [0.15, 0.2) is 0 Å². The Labute approximate surface area is 158 Å². The summed E-state index contributed by atoms with van der Waals surface area (Å²) >= 11 is 0. The summed E-state index contributed by atoms with van der Waals surface area (Å²) in [7, 11) is 0. The highest BCUT2D eigenvalue weighted by molar-refractivity contribution is 5.89. The molecule has 0 aromatic rings. The molecule has 27 heavy (non-hydrogen) atoms. The molecular formula is C20H26O7. The normalized spacial score (nSPS) is 28.6. The lowest BCUT2D eigenvalue weighted by Crippen LogP contribution is -2.44. The van der Waals surface area contributed by atoms with Crippen LogP contribution in [0.25, 0.3) is 0 Å². The van der Waals surface area contributed by atoms with Gasteiger partial charge in [0.2, 0.25) is 0 Å². The van der Waals surface area contributed by atoms with Crippen molar-refractivity contribution in [1.82, 2.24) is 0 Å². The first-order valence-electron chi connectivity index (χ1n) is 8.80. The van der Waals surface area contributed by atoms with Crippen molar-refractivity contribution < 1.29 is 34.8 Å². The highest BCUT2D eigenvalue weighted by atomic mass is 16.5. The predicted molar refractivity (Wildman–Crippen MR) is 97.5 cm³/mol. The summed E-state index contributed by atoms with van der Waals surface area (Å²) in [6, 6.07) is 0. The second-order valence-electron chi connectivity index (χ2n) is 7.09. The molecule has 0 amide bonds. The molecule has 0 unspecified atom stereocenters. The number of aliphatic hydroxyl groups is 3. The number of aliphatic hydroxyl groups excluding tert-OH is 3. The fourth-order valence-electron chi connectivity index (χ4n) is 3.93. The Bertz CT molecular complexity index is 690. The number of ether oxygens (including phenoxy) is 1. The maximum absolute atomic E-state index is 12.3.